The van der Waals surface area contributed by atoms with E-state index >= 15 is 0 Å². The van der Waals surface area contributed by atoms with Gasteiger partial charge in [0.2, 0.25) is 0 Å². The quantitative estimate of drug-likeness (QED) is 0.731. The summed E-state index contributed by atoms with van der Waals surface area (Å²) in [6, 6.07) is 3.12. The van der Waals surface area contributed by atoms with E-state index in [2.05, 4.69) is 27.8 Å². The highest BCUT2D eigenvalue weighted by Crippen LogP contribution is 2.28. The molecule has 0 radical (unpaired) electrons. The third kappa shape index (κ3) is 2.89. The van der Waals surface area contributed by atoms with Crippen LogP contribution in [0.25, 0.3) is 10.9 Å². The molecule has 92 valence electrons. The molecule has 3 heteroatoms. The van der Waals surface area contributed by atoms with Crippen molar-refractivity contribution in [2.24, 2.45) is 0 Å². The Hall–Kier alpha value is -0.830. The third-order valence-corrected chi connectivity index (χ3v) is 3.72. The molecule has 0 amide bonds. The fraction of sp³-hybridized carbons (Fsp3) is 0.429. The molecule has 0 saturated carbocycles. The molecule has 0 aliphatic rings. The van der Waals surface area contributed by atoms with Gasteiger partial charge in [-0.15, -0.1) is 0 Å². The molecular formula is C14H17BrFN. The molecule has 1 aromatic carbocycles. The summed E-state index contributed by atoms with van der Waals surface area (Å²) in [5, 5.41) is 1.01. The largest absolute Gasteiger partial charge is 0.360 e. The maximum atomic E-state index is 13.4. The lowest BCUT2D eigenvalue weighted by molar-refractivity contribution is 0.628. The molecule has 1 nitrogen and oxygen atoms in total. The number of hydrogen-bond donors (Lipinski definition) is 1. The molecule has 0 atom stereocenters. The fourth-order valence-electron chi connectivity index (χ4n) is 2.16. The number of aromatic amines is 1. The van der Waals surface area contributed by atoms with Crippen molar-refractivity contribution in [1.29, 1.82) is 0 Å². The van der Waals surface area contributed by atoms with E-state index in [1.165, 1.54) is 37.3 Å². The summed E-state index contributed by atoms with van der Waals surface area (Å²) in [6.07, 6.45) is 7.97. The Bertz CT molecular complexity index is 504. The summed E-state index contributed by atoms with van der Waals surface area (Å²) >= 11 is 3.38. The van der Waals surface area contributed by atoms with Crippen molar-refractivity contribution in [3.8, 4) is 0 Å². The summed E-state index contributed by atoms with van der Waals surface area (Å²) in [5.41, 5.74) is 2.22. The summed E-state index contributed by atoms with van der Waals surface area (Å²) in [7, 11) is 0. The average molecular weight is 298 g/mol. The first-order chi connectivity index (χ1) is 8.22. The van der Waals surface area contributed by atoms with Gasteiger partial charge in [-0.05, 0) is 46.5 Å². The standard InChI is InChI=1S/C14H17BrFN/c1-2-3-4-5-6-10-9-17-14-12(10)7-11(16)8-13(14)15/h7-9,17H,2-6H2,1H3. The predicted molar refractivity (Wildman–Crippen MR) is 73.8 cm³/mol. The maximum absolute atomic E-state index is 13.4. The molecule has 1 aromatic heterocycles. The Kier molecular flexibility index (Phi) is 4.21. The first-order valence-electron chi connectivity index (χ1n) is 6.17. The van der Waals surface area contributed by atoms with Crippen LogP contribution in [0.5, 0.6) is 0 Å². The predicted octanol–water partition coefficient (Wildman–Crippen LogP) is 5.19. The van der Waals surface area contributed by atoms with E-state index < -0.39 is 0 Å². The highest BCUT2D eigenvalue weighted by molar-refractivity contribution is 9.10. The maximum Gasteiger partial charge on any atom is 0.125 e. The molecular weight excluding hydrogens is 281 g/mol. The van der Waals surface area contributed by atoms with Crippen LogP contribution >= 0.6 is 15.9 Å². The van der Waals surface area contributed by atoms with Gasteiger partial charge >= 0.3 is 0 Å². The van der Waals surface area contributed by atoms with Gasteiger partial charge in [0, 0.05) is 16.1 Å². The average Bonchev–Trinajstić information content (AvgIpc) is 2.68. The van der Waals surface area contributed by atoms with Crippen LogP contribution < -0.4 is 0 Å². The molecule has 0 aliphatic heterocycles. The van der Waals surface area contributed by atoms with Crippen molar-refractivity contribution in [3.05, 3.63) is 34.2 Å². The van der Waals surface area contributed by atoms with Crippen LogP contribution in [-0.4, -0.2) is 4.98 Å². The van der Waals surface area contributed by atoms with E-state index in [0.29, 0.717) is 0 Å². The second-order valence-corrected chi connectivity index (χ2v) is 5.29. The summed E-state index contributed by atoms with van der Waals surface area (Å²) in [5.74, 6) is -0.182. The molecule has 0 unspecified atom stereocenters. The zero-order chi connectivity index (χ0) is 12.3. The Morgan fingerprint density at radius 1 is 1.24 bits per heavy atom. The minimum atomic E-state index is -0.182. The smallest absolute Gasteiger partial charge is 0.125 e. The number of hydrogen-bond acceptors (Lipinski definition) is 0. The molecule has 1 heterocycles. The Morgan fingerprint density at radius 3 is 2.82 bits per heavy atom. The van der Waals surface area contributed by atoms with Crippen molar-refractivity contribution < 1.29 is 4.39 Å². The van der Waals surface area contributed by atoms with Crippen molar-refractivity contribution in [2.75, 3.05) is 0 Å². The van der Waals surface area contributed by atoms with Gasteiger partial charge in [-0.2, -0.15) is 0 Å². The second-order valence-electron chi connectivity index (χ2n) is 4.43. The van der Waals surface area contributed by atoms with Crippen LogP contribution in [0.2, 0.25) is 0 Å². The number of unbranched alkanes of at least 4 members (excludes halogenated alkanes) is 3. The highest BCUT2D eigenvalue weighted by atomic mass is 79.9. The Morgan fingerprint density at radius 2 is 2.06 bits per heavy atom. The third-order valence-electron chi connectivity index (χ3n) is 3.09. The zero-order valence-corrected chi connectivity index (χ0v) is 11.6. The van der Waals surface area contributed by atoms with E-state index in [4.69, 9.17) is 0 Å². The number of rotatable bonds is 5. The van der Waals surface area contributed by atoms with E-state index in [0.717, 1.165) is 21.8 Å². The molecule has 17 heavy (non-hydrogen) atoms. The fourth-order valence-corrected chi connectivity index (χ4v) is 2.71. The van der Waals surface area contributed by atoms with Gasteiger partial charge in [0.1, 0.15) is 5.82 Å². The SMILES string of the molecule is CCCCCCc1c[nH]c2c(Br)cc(F)cc12. The first kappa shape index (κ1) is 12.6. The lowest BCUT2D eigenvalue weighted by Crippen LogP contribution is -1.85. The van der Waals surface area contributed by atoms with Crippen LogP contribution in [0, 0.1) is 5.82 Å². The van der Waals surface area contributed by atoms with Crippen LogP contribution in [0.4, 0.5) is 4.39 Å². The van der Waals surface area contributed by atoms with E-state index in [1.54, 1.807) is 6.07 Å². The Balaban J connectivity index is 2.18. The van der Waals surface area contributed by atoms with E-state index in [-0.39, 0.29) is 5.82 Å². The minimum Gasteiger partial charge on any atom is -0.360 e. The monoisotopic (exact) mass is 297 g/mol. The molecule has 0 saturated heterocycles. The topological polar surface area (TPSA) is 15.8 Å². The van der Waals surface area contributed by atoms with Crippen molar-refractivity contribution in [2.45, 2.75) is 39.0 Å². The molecule has 2 rings (SSSR count). The first-order valence-corrected chi connectivity index (χ1v) is 6.96. The lowest BCUT2D eigenvalue weighted by atomic mass is 10.1. The van der Waals surface area contributed by atoms with Crippen LogP contribution in [0.15, 0.2) is 22.8 Å². The van der Waals surface area contributed by atoms with Crippen LogP contribution in [0.3, 0.4) is 0 Å². The van der Waals surface area contributed by atoms with Crippen molar-refractivity contribution in [1.82, 2.24) is 4.98 Å². The molecule has 2 aromatic rings. The van der Waals surface area contributed by atoms with Gasteiger partial charge in [0.15, 0.2) is 0 Å². The summed E-state index contributed by atoms with van der Waals surface area (Å²) in [6.45, 7) is 2.21. The summed E-state index contributed by atoms with van der Waals surface area (Å²) in [4.78, 5) is 3.21. The zero-order valence-electron chi connectivity index (χ0n) is 10.0. The summed E-state index contributed by atoms with van der Waals surface area (Å²) < 4.78 is 14.2. The number of H-pyrrole nitrogens is 1. The number of aryl methyl sites for hydroxylation is 1. The van der Waals surface area contributed by atoms with Crippen molar-refractivity contribution in [3.63, 3.8) is 0 Å². The molecule has 0 aliphatic carbocycles. The van der Waals surface area contributed by atoms with Crippen LogP contribution in [0.1, 0.15) is 38.2 Å². The van der Waals surface area contributed by atoms with Gasteiger partial charge < -0.3 is 4.98 Å². The normalized spacial score (nSPS) is 11.2. The number of fused-ring (bicyclic) bond motifs is 1. The van der Waals surface area contributed by atoms with Gasteiger partial charge in [-0.3, -0.25) is 0 Å². The Labute approximate surface area is 110 Å². The van der Waals surface area contributed by atoms with Gasteiger partial charge in [0.05, 0.1) is 5.52 Å². The van der Waals surface area contributed by atoms with Gasteiger partial charge in [-0.25, -0.2) is 4.39 Å². The minimum absolute atomic E-state index is 0.182. The molecule has 0 spiro atoms. The number of halogens is 2. The van der Waals surface area contributed by atoms with E-state index in [1.807, 2.05) is 6.20 Å². The lowest BCUT2D eigenvalue weighted by Gasteiger charge is -2.00. The van der Waals surface area contributed by atoms with E-state index in [9.17, 15) is 4.39 Å². The highest BCUT2D eigenvalue weighted by Gasteiger charge is 2.08. The molecule has 1 N–H and O–H groups in total. The number of benzene rings is 1. The number of nitrogens with one attached hydrogen (secondary N) is 1. The number of aromatic nitrogens is 1. The molecule has 0 bridgehead atoms. The van der Waals surface area contributed by atoms with Crippen LogP contribution in [-0.2, 0) is 6.42 Å². The van der Waals surface area contributed by atoms with Gasteiger partial charge in [0.25, 0.3) is 0 Å². The van der Waals surface area contributed by atoms with Crippen molar-refractivity contribution >= 4 is 26.8 Å². The molecule has 0 fully saturated rings. The second kappa shape index (κ2) is 5.67. The van der Waals surface area contributed by atoms with Gasteiger partial charge in [-0.1, -0.05) is 26.2 Å².